The number of oxazole rings is 1. The molecule has 0 fully saturated rings. The molecule has 1 N–H and O–H groups in total. The largest absolute Gasteiger partial charge is 0.479 e. The van der Waals surface area contributed by atoms with Crippen LogP contribution in [0.25, 0.3) is 11.5 Å². The van der Waals surface area contributed by atoms with Gasteiger partial charge in [0.15, 0.2) is 6.10 Å². The van der Waals surface area contributed by atoms with Crippen LogP contribution in [0.3, 0.4) is 0 Å². The molecule has 1 aromatic heterocycles. The zero-order valence-electron chi connectivity index (χ0n) is 19.7. The van der Waals surface area contributed by atoms with Gasteiger partial charge in [-0.05, 0) is 56.0 Å². The lowest BCUT2D eigenvalue weighted by Gasteiger charge is -2.15. The number of nitrogens with zero attached hydrogens (tertiary/aromatic N) is 1. The molecular formula is C26H30N2O6. The van der Waals surface area contributed by atoms with Crippen LogP contribution in [0.5, 0.6) is 5.75 Å². The normalized spacial score (nSPS) is 11.5. The number of nitrogens with one attached hydrogen (secondary N) is 1. The van der Waals surface area contributed by atoms with Gasteiger partial charge in [-0.25, -0.2) is 14.6 Å². The maximum atomic E-state index is 12.1. The topological polar surface area (TPSA) is 99.9 Å². The highest BCUT2D eigenvalue weighted by molar-refractivity contribution is 5.74. The lowest BCUT2D eigenvalue weighted by atomic mass is 10.2. The quantitative estimate of drug-likeness (QED) is 0.319. The summed E-state index contributed by atoms with van der Waals surface area (Å²) in [4.78, 5) is 28.3. The molecule has 0 aliphatic heterocycles. The van der Waals surface area contributed by atoms with Crippen molar-refractivity contribution in [2.45, 2.75) is 45.8 Å². The third kappa shape index (κ3) is 7.10. The van der Waals surface area contributed by atoms with Gasteiger partial charge in [0.2, 0.25) is 5.89 Å². The number of hydrogen-bond acceptors (Lipinski definition) is 7. The Morgan fingerprint density at radius 1 is 1.12 bits per heavy atom. The van der Waals surface area contributed by atoms with E-state index in [4.69, 9.17) is 18.6 Å². The van der Waals surface area contributed by atoms with E-state index in [0.29, 0.717) is 30.9 Å². The average Bonchev–Trinajstić information content (AvgIpc) is 3.24. The number of aryl methyl sites for hydroxylation is 2. The van der Waals surface area contributed by atoms with E-state index in [0.717, 1.165) is 22.6 Å². The van der Waals surface area contributed by atoms with Gasteiger partial charge in [-0.1, -0.05) is 37.3 Å². The van der Waals surface area contributed by atoms with Crippen molar-refractivity contribution in [2.24, 2.45) is 0 Å². The van der Waals surface area contributed by atoms with Gasteiger partial charge >= 0.3 is 12.1 Å². The fourth-order valence-corrected chi connectivity index (χ4v) is 3.32. The number of ether oxygens (including phenoxy) is 3. The number of aromatic nitrogens is 1. The monoisotopic (exact) mass is 466 g/mol. The SMILES string of the molecule is CCC(Oc1cccc(CNC(=O)OCCCc2nc(-c3ccccc3)oc2C)c1)C(=O)OC. The van der Waals surface area contributed by atoms with Gasteiger partial charge in [-0.3, -0.25) is 0 Å². The molecule has 0 saturated carbocycles. The van der Waals surface area contributed by atoms with Crippen molar-refractivity contribution >= 4 is 12.1 Å². The predicted molar refractivity (Wildman–Crippen MR) is 126 cm³/mol. The molecule has 1 heterocycles. The Labute approximate surface area is 199 Å². The first-order chi connectivity index (χ1) is 16.5. The fraction of sp³-hybridized carbons (Fsp3) is 0.346. The Kier molecular flexibility index (Phi) is 9.08. The lowest BCUT2D eigenvalue weighted by Crippen LogP contribution is -2.28. The highest BCUT2D eigenvalue weighted by Gasteiger charge is 2.19. The molecule has 0 radical (unpaired) electrons. The van der Waals surface area contributed by atoms with Gasteiger partial charge < -0.3 is 23.9 Å². The van der Waals surface area contributed by atoms with Crippen LogP contribution in [-0.2, 0) is 27.2 Å². The van der Waals surface area contributed by atoms with E-state index in [2.05, 4.69) is 10.3 Å². The molecule has 0 bridgehead atoms. The summed E-state index contributed by atoms with van der Waals surface area (Å²) in [6, 6.07) is 16.9. The number of rotatable bonds is 11. The third-order valence-electron chi connectivity index (χ3n) is 5.15. The number of esters is 1. The van der Waals surface area contributed by atoms with E-state index in [9.17, 15) is 9.59 Å². The Morgan fingerprint density at radius 3 is 2.65 bits per heavy atom. The third-order valence-corrected chi connectivity index (χ3v) is 5.15. The summed E-state index contributed by atoms with van der Waals surface area (Å²) in [6.07, 6.45) is 0.588. The predicted octanol–water partition coefficient (Wildman–Crippen LogP) is 4.84. The van der Waals surface area contributed by atoms with Crippen molar-refractivity contribution in [3.8, 4) is 17.2 Å². The van der Waals surface area contributed by atoms with Crippen LogP contribution in [-0.4, -0.2) is 36.9 Å². The van der Waals surface area contributed by atoms with E-state index in [-0.39, 0.29) is 13.2 Å². The number of carbonyl (C=O) groups is 2. The average molecular weight is 467 g/mol. The molecule has 0 saturated heterocycles. The smallest absolute Gasteiger partial charge is 0.407 e. The molecule has 2 aromatic carbocycles. The first kappa shape index (κ1) is 24.8. The van der Waals surface area contributed by atoms with Crippen molar-refractivity contribution in [3.05, 3.63) is 71.6 Å². The minimum Gasteiger partial charge on any atom is -0.479 e. The second-order valence-corrected chi connectivity index (χ2v) is 7.67. The second kappa shape index (κ2) is 12.4. The fourth-order valence-electron chi connectivity index (χ4n) is 3.32. The minimum atomic E-state index is -0.671. The van der Waals surface area contributed by atoms with Crippen LogP contribution in [0.15, 0.2) is 59.0 Å². The summed E-state index contributed by atoms with van der Waals surface area (Å²) in [6.45, 7) is 4.26. The summed E-state index contributed by atoms with van der Waals surface area (Å²) in [5.74, 6) is 1.47. The molecule has 3 aromatic rings. The summed E-state index contributed by atoms with van der Waals surface area (Å²) in [7, 11) is 1.33. The summed E-state index contributed by atoms with van der Waals surface area (Å²) in [5.41, 5.74) is 2.61. The number of methoxy groups -OCH3 is 1. The van der Waals surface area contributed by atoms with Crippen molar-refractivity contribution in [1.29, 1.82) is 0 Å². The van der Waals surface area contributed by atoms with Crippen molar-refractivity contribution in [2.75, 3.05) is 13.7 Å². The molecule has 3 rings (SSSR count). The van der Waals surface area contributed by atoms with Gasteiger partial charge in [0.1, 0.15) is 11.5 Å². The number of hydrogen-bond donors (Lipinski definition) is 1. The van der Waals surface area contributed by atoms with Crippen LogP contribution in [0.2, 0.25) is 0 Å². The Bertz CT molecular complexity index is 1080. The van der Waals surface area contributed by atoms with Gasteiger partial charge in [0, 0.05) is 12.1 Å². The van der Waals surface area contributed by atoms with Gasteiger partial charge in [0.05, 0.1) is 19.4 Å². The number of alkyl carbamates (subject to hydrolysis) is 1. The highest BCUT2D eigenvalue weighted by atomic mass is 16.6. The molecule has 180 valence electrons. The minimum absolute atomic E-state index is 0.263. The molecule has 1 unspecified atom stereocenters. The Balaban J connectivity index is 1.41. The molecule has 8 heteroatoms. The van der Waals surface area contributed by atoms with Crippen molar-refractivity contribution in [3.63, 3.8) is 0 Å². The first-order valence-corrected chi connectivity index (χ1v) is 11.3. The molecule has 1 atom stereocenters. The zero-order valence-corrected chi connectivity index (χ0v) is 19.7. The highest BCUT2D eigenvalue weighted by Crippen LogP contribution is 2.22. The number of benzene rings is 2. The number of carbonyl (C=O) groups excluding carboxylic acids is 2. The van der Waals surface area contributed by atoms with Crippen LogP contribution in [0, 0.1) is 6.92 Å². The van der Waals surface area contributed by atoms with E-state index in [1.54, 1.807) is 18.2 Å². The second-order valence-electron chi connectivity index (χ2n) is 7.67. The van der Waals surface area contributed by atoms with Crippen molar-refractivity contribution < 1.29 is 28.2 Å². The molecule has 0 aliphatic carbocycles. The maximum Gasteiger partial charge on any atom is 0.407 e. The molecule has 34 heavy (non-hydrogen) atoms. The molecule has 1 amide bonds. The summed E-state index contributed by atoms with van der Waals surface area (Å²) in [5, 5.41) is 2.72. The summed E-state index contributed by atoms with van der Waals surface area (Å²) >= 11 is 0. The maximum absolute atomic E-state index is 12.1. The van der Waals surface area contributed by atoms with Crippen molar-refractivity contribution in [1.82, 2.24) is 10.3 Å². The standard InChI is InChI=1S/C26H30N2O6/c1-4-23(25(29)31-3)34-21-13-8-10-19(16-21)17-27-26(30)32-15-9-14-22-18(2)33-24(28-22)20-11-6-5-7-12-20/h5-8,10-13,16,23H,4,9,14-15,17H2,1-3H3,(H,27,30). The molecule has 0 spiro atoms. The zero-order chi connectivity index (χ0) is 24.3. The molecule has 8 nitrogen and oxygen atoms in total. The van der Waals surface area contributed by atoms with E-state index < -0.39 is 18.2 Å². The Morgan fingerprint density at radius 2 is 1.91 bits per heavy atom. The summed E-state index contributed by atoms with van der Waals surface area (Å²) < 4.78 is 21.5. The molecule has 0 aliphatic rings. The number of amides is 1. The van der Waals surface area contributed by atoms with Crippen LogP contribution in [0.4, 0.5) is 4.79 Å². The van der Waals surface area contributed by atoms with Crippen LogP contribution < -0.4 is 10.1 Å². The van der Waals surface area contributed by atoms with Crippen LogP contribution in [0.1, 0.15) is 36.8 Å². The van der Waals surface area contributed by atoms with Crippen LogP contribution >= 0.6 is 0 Å². The van der Waals surface area contributed by atoms with Gasteiger partial charge in [-0.15, -0.1) is 0 Å². The molecular weight excluding hydrogens is 436 g/mol. The Hall–Kier alpha value is -3.81. The first-order valence-electron chi connectivity index (χ1n) is 11.3. The van der Waals surface area contributed by atoms with E-state index in [1.165, 1.54) is 7.11 Å². The van der Waals surface area contributed by atoms with Gasteiger partial charge in [0.25, 0.3) is 0 Å². The van der Waals surface area contributed by atoms with E-state index >= 15 is 0 Å². The van der Waals surface area contributed by atoms with E-state index in [1.807, 2.05) is 50.2 Å². The van der Waals surface area contributed by atoms with Gasteiger partial charge in [-0.2, -0.15) is 0 Å². The lowest BCUT2D eigenvalue weighted by molar-refractivity contribution is -0.148.